The van der Waals surface area contributed by atoms with Crippen molar-refractivity contribution in [2.75, 3.05) is 7.11 Å². The summed E-state index contributed by atoms with van der Waals surface area (Å²) >= 11 is 0. The van der Waals surface area contributed by atoms with Crippen LogP contribution in [0.5, 0.6) is 0 Å². The van der Waals surface area contributed by atoms with Crippen molar-refractivity contribution in [3.63, 3.8) is 0 Å². The summed E-state index contributed by atoms with van der Waals surface area (Å²) in [5.74, 6) is -1.82. The predicted octanol–water partition coefficient (Wildman–Crippen LogP) is 3.01. The highest BCUT2D eigenvalue weighted by Gasteiger charge is 2.19. The molecule has 0 unspecified atom stereocenters. The first-order valence-corrected chi connectivity index (χ1v) is 7.18. The number of allylic oxidation sites excluding steroid dienone is 1. The fourth-order valence-corrected chi connectivity index (χ4v) is 2.44. The van der Waals surface area contributed by atoms with E-state index in [4.69, 9.17) is 5.11 Å². The molecule has 0 spiro atoms. The van der Waals surface area contributed by atoms with Crippen LogP contribution in [0.2, 0.25) is 0 Å². The van der Waals surface area contributed by atoms with Gasteiger partial charge in [-0.25, -0.2) is 9.59 Å². The van der Waals surface area contributed by atoms with Crippen molar-refractivity contribution in [2.45, 2.75) is 13.8 Å². The number of methoxy groups -OCH3 is 1. The topological polar surface area (TPSA) is 96.5 Å². The number of carbonyl (C=O) groups is 3. The monoisotopic (exact) mass is 327 g/mol. The van der Waals surface area contributed by atoms with Crippen LogP contribution in [0.15, 0.2) is 30.3 Å². The number of hydrogen-bond acceptors (Lipinski definition) is 4. The molecule has 0 radical (unpaired) electrons. The Morgan fingerprint density at radius 1 is 1.12 bits per heavy atom. The number of nitrogens with one attached hydrogen (secondary N) is 1. The number of benzene rings is 1. The second-order valence-corrected chi connectivity index (χ2v) is 5.24. The molecule has 6 heteroatoms. The molecule has 2 aromatic rings. The fourth-order valence-electron chi connectivity index (χ4n) is 2.44. The number of ketones is 1. The Morgan fingerprint density at radius 2 is 1.75 bits per heavy atom. The number of hydrogen-bond donors (Lipinski definition) is 2. The van der Waals surface area contributed by atoms with E-state index in [0.717, 1.165) is 5.56 Å². The molecule has 6 nitrogen and oxygen atoms in total. The lowest BCUT2D eigenvalue weighted by Gasteiger charge is -2.00. The van der Waals surface area contributed by atoms with Crippen LogP contribution in [-0.2, 0) is 4.74 Å². The lowest BCUT2D eigenvalue weighted by molar-refractivity contribution is 0.0599. The van der Waals surface area contributed by atoms with Gasteiger partial charge in [0, 0.05) is 11.3 Å². The number of aromatic amines is 1. The maximum absolute atomic E-state index is 12.3. The maximum Gasteiger partial charge on any atom is 0.352 e. The van der Waals surface area contributed by atoms with Gasteiger partial charge in [0.05, 0.1) is 12.7 Å². The Bertz CT molecular complexity index is 828. The molecule has 2 rings (SSSR count). The van der Waals surface area contributed by atoms with E-state index in [0.29, 0.717) is 22.4 Å². The number of H-pyrrole nitrogens is 1. The van der Waals surface area contributed by atoms with E-state index in [1.807, 2.05) is 0 Å². The number of ether oxygens (including phenoxy) is 1. The van der Waals surface area contributed by atoms with Gasteiger partial charge < -0.3 is 14.8 Å². The van der Waals surface area contributed by atoms with Crippen LogP contribution < -0.4 is 0 Å². The number of aromatic carboxylic acids is 1. The van der Waals surface area contributed by atoms with Crippen molar-refractivity contribution in [1.29, 1.82) is 0 Å². The van der Waals surface area contributed by atoms with E-state index >= 15 is 0 Å². The highest BCUT2D eigenvalue weighted by atomic mass is 16.5. The second kappa shape index (κ2) is 6.95. The molecule has 0 bridgehead atoms. The van der Waals surface area contributed by atoms with Gasteiger partial charge in [0.2, 0.25) is 0 Å². The van der Waals surface area contributed by atoms with Gasteiger partial charge in [-0.15, -0.1) is 0 Å². The molecule has 0 atom stereocenters. The molecule has 1 aromatic heterocycles. The maximum atomic E-state index is 12.3. The molecule has 0 saturated heterocycles. The zero-order chi connectivity index (χ0) is 17.9. The largest absolute Gasteiger partial charge is 0.477 e. The minimum absolute atomic E-state index is 0.0201. The van der Waals surface area contributed by atoms with Crippen LogP contribution in [0.25, 0.3) is 6.08 Å². The van der Waals surface area contributed by atoms with Crippen molar-refractivity contribution in [3.05, 3.63) is 64.0 Å². The van der Waals surface area contributed by atoms with Gasteiger partial charge in [0.1, 0.15) is 5.69 Å². The summed E-state index contributed by atoms with van der Waals surface area (Å²) in [4.78, 5) is 37.5. The van der Waals surface area contributed by atoms with E-state index < -0.39 is 11.9 Å². The summed E-state index contributed by atoms with van der Waals surface area (Å²) in [6.45, 7) is 3.25. The van der Waals surface area contributed by atoms with Crippen molar-refractivity contribution in [3.8, 4) is 0 Å². The Hall–Kier alpha value is -3.15. The Balaban J connectivity index is 2.22. The summed E-state index contributed by atoms with van der Waals surface area (Å²) in [6, 6.07) is 6.59. The molecular formula is C18H17NO5. The lowest BCUT2D eigenvalue weighted by Crippen LogP contribution is -2.01. The zero-order valence-electron chi connectivity index (χ0n) is 13.5. The molecule has 2 N–H and O–H groups in total. The molecule has 0 aliphatic carbocycles. The van der Waals surface area contributed by atoms with Gasteiger partial charge in [-0.3, -0.25) is 4.79 Å². The van der Waals surface area contributed by atoms with E-state index in [2.05, 4.69) is 9.72 Å². The van der Waals surface area contributed by atoms with Crippen LogP contribution in [-0.4, -0.2) is 34.9 Å². The van der Waals surface area contributed by atoms with E-state index in [-0.39, 0.29) is 11.5 Å². The molecule has 124 valence electrons. The Labute approximate surface area is 138 Å². The van der Waals surface area contributed by atoms with Crippen molar-refractivity contribution in [1.82, 2.24) is 4.98 Å². The smallest absolute Gasteiger partial charge is 0.352 e. The summed E-state index contributed by atoms with van der Waals surface area (Å²) in [6.07, 6.45) is 2.98. The summed E-state index contributed by atoms with van der Waals surface area (Å²) in [7, 11) is 1.31. The number of aromatic nitrogens is 1. The number of carbonyl (C=O) groups excluding carboxylic acids is 2. The normalized spacial score (nSPS) is 10.8. The second-order valence-electron chi connectivity index (χ2n) is 5.24. The fraction of sp³-hybridized carbons (Fsp3) is 0.167. The number of rotatable bonds is 5. The van der Waals surface area contributed by atoms with Crippen LogP contribution in [0.3, 0.4) is 0 Å². The third kappa shape index (κ3) is 3.43. The molecule has 1 aromatic carbocycles. The molecule has 0 saturated carbocycles. The van der Waals surface area contributed by atoms with Crippen molar-refractivity contribution < 1.29 is 24.2 Å². The van der Waals surface area contributed by atoms with E-state index in [9.17, 15) is 14.4 Å². The molecule has 0 fully saturated rings. The average molecular weight is 327 g/mol. The predicted molar refractivity (Wildman–Crippen MR) is 88.4 cm³/mol. The summed E-state index contributed by atoms with van der Waals surface area (Å²) in [5, 5.41) is 9.09. The third-order valence-corrected chi connectivity index (χ3v) is 3.66. The van der Waals surface area contributed by atoms with Crippen LogP contribution in [0.4, 0.5) is 0 Å². The number of carboxylic acids is 1. The van der Waals surface area contributed by atoms with Crippen LogP contribution >= 0.6 is 0 Å². The van der Waals surface area contributed by atoms with Crippen molar-refractivity contribution >= 4 is 23.8 Å². The molecule has 0 aliphatic heterocycles. The molecule has 0 amide bonds. The van der Waals surface area contributed by atoms with Crippen LogP contribution in [0, 0.1) is 13.8 Å². The highest BCUT2D eigenvalue weighted by Crippen LogP contribution is 2.19. The zero-order valence-corrected chi connectivity index (χ0v) is 13.5. The van der Waals surface area contributed by atoms with E-state index in [1.165, 1.54) is 13.2 Å². The molecule has 0 aliphatic rings. The molecular weight excluding hydrogens is 310 g/mol. The first-order valence-electron chi connectivity index (χ1n) is 7.18. The lowest BCUT2D eigenvalue weighted by atomic mass is 10.0. The standard InChI is InChI=1S/C18H17NO5/c1-10-15(11(2)19-16(10)17(21)22)14(20)9-6-12-4-7-13(8-5-12)18(23)24-3/h4-9,19H,1-3H3,(H,21,22)/b9-6+. The van der Waals surface area contributed by atoms with Crippen molar-refractivity contribution in [2.24, 2.45) is 0 Å². The van der Waals surface area contributed by atoms with Gasteiger partial charge in [-0.1, -0.05) is 18.2 Å². The Morgan fingerprint density at radius 3 is 2.25 bits per heavy atom. The number of esters is 1. The quantitative estimate of drug-likeness (QED) is 0.500. The summed E-state index contributed by atoms with van der Waals surface area (Å²) < 4.78 is 4.62. The van der Waals surface area contributed by atoms with E-state index in [1.54, 1.807) is 44.2 Å². The minimum atomic E-state index is -1.10. The van der Waals surface area contributed by atoms with Crippen LogP contribution in [0.1, 0.15) is 48.0 Å². The number of carboxylic acid groups (broad SMARTS) is 1. The molecule has 1 heterocycles. The first-order chi connectivity index (χ1) is 11.3. The number of aryl methyl sites for hydroxylation is 1. The minimum Gasteiger partial charge on any atom is -0.477 e. The third-order valence-electron chi connectivity index (χ3n) is 3.66. The average Bonchev–Trinajstić information content (AvgIpc) is 2.87. The SMILES string of the molecule is COC(=O)c1ccc(/C=C/C(=O)c2c(C)[nH]c(C(=O)O)c2C)cc1. The van der Waals surface area contributed by atoms with Gasteiger partial charge in [0.15, 0.2) is 5.78 Å². The molecule has 24 heavy (non-hydrogen) atoms. The summed E-state index contributed by atoms with van der Waals surface area (Å²) in [5.41, 5.74) is 2.46. The Kier molecular flexibility index (Phi) is 4.99. The first kappa shape index (κ1) is 17.2. The van der Waals surface area contributed by atoms with Gasteiger partial charge >= 0.3 is 11.9 Å². The van der Waals surface area contributed by atoms with Gasteiger partial charge in [-0.2, -0.15) is 0 Å². The van der Waals surface area contributed by atoms with Gasteiger partial charge in [-0.05, 0) is 43.2 Å². The van der Waals surface area contributed by atoms with Gasteiger partial charge in [0.25, 0.3) is 0 Å². The highest BCUT2D eigenvalue weighted by molar-refractivity contribution is 6.10.